The predicted molar refractivity (Wildman–Crippen MR) is 130 cm³/mol. The summed E-state index contributed by atoms with van der Waals surface area (Å²) in [5.41, 5.74) is 0.582. The van der Waals surface area contributed by atoms with Gasteiger partial charge in [0.2, 0.25) is 0 Å². The second-order valence-corrected chi connectivity index (χ2v) is 10.7. The van der Waals surface area contributed by atoms with E-state index in [1.165, 1.54) is 4.90 Å². The number of amides is 2. The SMILES string of the molecule is C[C@@H]1C[C@H](NC(=O)C(F)(F)F)[C@H](CO[C@H]2CC[C@@]3(c4ncc(F)cn4)C[C@H]3C2)N1C(=O)OCc1ccccc1. The molecule has 0 spiro atoms. The minimum atomic E-state index is -5.04. The molecule has 2 amide bonds. The molecule has 210 valence electrons. The van der Waals surface area contributed by atoms with E-state index >= 15 is 0 Å². The second-order valence-electron chi connectivity index (χ2n) is 10.7. The maximum absolute atomic E-state index is 13.3. The molecule has 2 saturated carbocycles. The van der Waals surface area contributed by atoms with Crippen molar-refractivity contribution in [3.63, 3.8) is 0 Å². The topological polar surface area (TPSA) is 93.6 Å². The molecule has 39 heavy (non-hydrogen) atoms. The van der Waals surface area contributed by atoms with Crippen LogP contribution in [0.15, 0.2) is 42.7 Å². The monoisotopic (exact) mass is 550 g/mol. The fourth-order valence-electron chi connectivity index (χ4n) is 6.06. The fourth-order valence-corrected chi connectivity index (χ4v) is 6.06. The summed E-state index contributed by atoms with van der Waals surface area (Å²) in [7, 11) is 0. The number of aromatic nitrogens is 2. The second kappa shape index (κ2) is 10.7. The van der Waals surface area contributed by atoms with E-state index in [0.717, 1.165) is 30.8 Å². The van der Waals surface area contributed by atoms with Crippen LogP contribution in [0.25, 0.3) is 0 Å². The maximum Gasteiger partial charge on any atom is 0.471 e. The Morgan fingerprint density at radius 1 is 1.15 bits per heavy atom. The van der Waals surface area contributed by atoms with Gasteiger partial charge in [0.1, 0.15) is 12.4 Å². The van der Waals surface area contributed by atoms with Crippen molar-refractivity contribution in [2.75, 3.05) is 6.61 Å². The van der Waals surface area contributed by atoms with Gasteiger partial charge in [-0.2, -0.15) is 13.2 Å². The Balaban J connectivity index is 1.24. The van der Waals surface area contributed by atoms with Gasteiger partial charge in [-0.05, 0) is 50.5 Å². The molecule has 5 rings (SSSR count). The van der Waals surface area contributed by atoms with E-state index in [1.807, 2.05) is 18.2 Å². The van der Waals surface area contributed by atoms with E-state index in [9.17, 15) is 27.2 Å². The first-order chi connectivity index (χ1) is 18.6. The smallest absolute Gasteiger partial charge is 0.445 e. The zero-order chi connectivity index (χ0) is 27.8. The van der Waals surface area contributed by atoms with Crippen molar-refractivity contribution in [3.8, 4) is 0 Å². The third-order valence-corrected chi connectivity index (χ3v) is 8.14. The largest absolute Gasteiger partial charge is 0.471 e. The molecule has 12 heteroatoms. The van der Waals surface area contributed by atoms with E-state index in [2.05, 4.69) is 15.3 Å². The van der Waals surface area contributed by atoms with Crippen molar-refractivity contribution in [2.24, 2.45) is 5.92 Å². The summed E-state index contributed by atoms with van der Waals surface area (Å²) in [5, 5.41) is 2.05. The van der Waals surface area contributed by atoms with Gasteiger partial charge in [0.05, 0.1) is 37.2 Å². The van der Waals surface area contributed by atoms with E-state index in [0.29, 0.717) is 18.7 Å². The molecule has 1 aliphatic heterocycles. The molecular formula is C27H30F4N4O4. The van der Waals surface area contributed by atoms with Crippen LogP contribution < -0.4 is 5.32 Å². The Morgan fingerprint density at radius 2 is 1.87 bits per heavy atom. The van der Waals surface area contributed by atoms with Crippen molar-refractivity contribution in [2.45, 2.75) is 81.5 Å². The fraction of sp³-hybridized carbons (Fsp3) is 0.556. The predicted octanol–water partition coefficient (Wildman–Crippen LogP) is 4.29. The Morgan fingerprint density at radius 3 is 2.54 bits per heavy atom. The van der Waals surface area contributed by atoms with Crippen LogP contribution in [0, 0.1) is 11.7 Å². The normalized spacial score (nSPS) is 30.0. The lowest BCUT2D eigenvalue weighted by molar-refractivity contribution is -0.174. The minimum Gasteiger partial charge on any atom is -0.445 e. The zero-order valence-corrected chi connectivity index (χ0v) is 21.4. The van der Waals surface area contributed by atoms with Crippen LogP contribution in [0.5, 0.6) is 0 Å². The molecule has 3 aliphatic rings. The lowest BCUT2D eigenvalue weighted by atomic mass is 9.86. The number of nitrogens with one attached hydrogen (secondary N) is 1. The van der Waals surface area contributed by atoms with E-state index in [-0.39, 0.29) is 37.1 Å². The van der Waals surface area contributed by atoms with Gasteiger partial charge in [0.15, 0.2) is 5.82 Å². The Kier molecular flexibility index (Phi) is 7.49. The number of halogens is 4. The first kappa shape index (κ1) is 27.3. The average molecular weight is 551 g/mol. The number of fused-ring (bicyclic) bond motifs is 1. The summed E-state index contributed by atoms with van der Waals surface area (Å²) in [6, 6.07) is 6.79. The lowest BCUT2D eigenvalue weighted by Gasteiger charge is -2.33. The summed E-state index contributed by atoms with van der Waals surface area (Å²) >= 11 is 0. The third-order valence-electron chi connectivity index (χ3n) is 8.14. The van der Waals surface area contributed by atoms with Gasteiger partial charge in [0.25, 0.3) is 0 Å². The quantitative estimate of drug-likeness (QED) is 0.517. The molecule has 2 aliphatic carbocycles. The van der Waals surface area contributed by atoms with E-state index < -0.39 is 42.1 Å². The van der Waals surface area contributed by atoms with Crippen molar-refractivity contribution < 1.29 is 36.6 Å². The summed E-state index contributed by atoms with van der Waals surface area (Å²) < 4.78 is 64.0. The number of nitrogens with zero attached hydrogens (tertiary/aromatic N) is 3. The average Bonchev–Trinajstić information content (AvgIpc) is 3.56. The van der Waals surface area contributed by atoms with Crippen molar-refractivity contribution >= 4 is 12.0 Å². The van der Waals surface area contributed by atoms with Crippen molar-refractivity contribution in [1.82, 2.24) is 20.2 Å². The van der Waals surface area contributed by atoms with Gasteiger partial charge in [-0.25, -0.2) is 19.2 Å². The van der Waals surface area contributed by atoms with Gasteiger partial charge in [-0.15, -0.1) is 0 Å². The molecule has 1 N–H and O–H groups in total. The Hall–Kier alpha value is -3.28. The molecular weight excluding hydrogens is 520 g/mol. The highest BCUT2D eigenvalue weighted by molar-refractivity contribution is 5.82. The highest BCUT2D eigenvalue weighted by atomic mass is 19.4. The van der Waals surface area contributed by atoms with Gasteiger partial charge in [-0.1, -0.05) is 30.3 Å². The molecule has 3 fully saturated rings. The summed E-state index contributed by atoms with van der Waals surface area (Å²) in [6.45, 7) is 1.66. The molecule has 2 heterocycles. The molecule has 1 aromatic heterocycles. The number of benzene rings is 1. The molecule has 0 radical (unpaired) electrons. The molecule has 1 aromatic carbocycles. The van der Waals surface area contributed by atoms with Gasteiger partial charge in [-0.3, -0.25) is 9.69 Å². The zero-order valence-electron chi connectivity index (χ0n) is 21.4. The number of alkyl halides is 3. The molecule has 8 nitrogen and oxygen atoms in total. The third kappa shape index (κ3) is 5.85. The van der Waals surface area contributed by atoms with Crippen LogP contribution >= 0.6 is 0 Å². The first-order valence-electron chi connectivity index (χ1n) is 13.0. The highest BCUT2D eigenvalue weighted by Crippen LogP contribution is 2.61. The van der Waals surface area contributed by atoms with Gasteiger partial charge in [0, 0.05) is 11.5 Å². The summed E-state index contributed by atoms with van der Waals surface area (Å²) in [6.07, 6.45) is -0.476. The van der Waals surface area contributed by atoms with Crippen molar-refractivity contribution in [3.05, 3.63) is 59.9 Å². The number of hydrogen-bond acceptors (Lipinski definition) is 6. The standard InChI is InChI=1S/C27H30F4N4O4/c1-16-9-21(34-24(36)27(29,30)31)22(35(16)25(37)39-14-17-5-3-2-4-6-17)15-38-20-7-8-26(11-18(26)10-20)23-32-12-19(28)13-33-23/h2-6,12-13,16,18,20-22H,7-11,14-15H2,1H3,(H,34,36)/t16-,18-,20+,21+,22+,26-/m1/s1. The molecule has 0 unspecified atom stereocenters. The Bertz CT molecular complexity index is 1180. The van der Waals surface area contributed by atoms with Gasteiger partial charge >= 0.3 is 18.2 Å². The Labute approximate surface area is 223 Å². The minimum absolute atomic E-state index is 0.00783. The number of carbonyl (C=O) groups is 2. The summed E-state index contributed by atoms with van der Waals surface area (Å²) in [4.78, 5) is 34.5. The lowest BCUT2D eigenvalue weighted by Crippen LogP contribution is -2.52. The number of rotatable bonds is 7. The van der Waals surface area contributed by atoms with Gasteiger partial charge < -0.3 is 14.8 Å². The molecule has 1 saturated heterocycles. The maximum atomic E-state index is 13.3. The van der Waals surface area contributed by atoms with Crippen LogP contribution in [0.1, 0.15) is 50.4 Å². The summed E-state index contributed by atoms with van der Waals surface area (Å²) in [5.74, 6) is -1.66. The van der Waals surface area contributed by atoms with Crippen LogP contribution in [-0.4, -0.2) is 63.9 Å². The number of hydrogen-bond donors (Lipinski definition) is 1. The van der Waals surface area contributed by atoms with Crippen LogP contribution in [0.4, 0.5) is 22.4 Å². The van der Waals surface area contributed by atoms with Crippen LogP contribution in [0.3, 0.4) is 0 Å². The van der Waals surface area contributed by atoms with Crippen molar-refractivity contribution in [1.29, 1.82) is 0 Å². The molecule has 2 aromatic rings. The first-order valence-corrected chi connectivity index (χ1v) is 13.0. The highest BCUT2D eigenvalue weighted by Gasteiger charge is 2.60. The van der Waals surface area contributed by atoms with Crippen LogP contribution in [-0.2, 0) is 26.3 Å². The van der Waals surface area contributed by atoms with E-state index in [4.69, 9.17) is 9.47 Å². The number of ether oxygens (including phenoxy) is 2. The van der Waals surface area contributed by atoms with E-state index in [1.54, 1.807) is 19.1 Å². The number of carbonyl (C=O) groups excluding carboxylic acids is 2. The molecule has 6 atom stereocenters. The molecule has 0 bridgehead atoms. The number of likely N-dealkylation sites (tertiary alicyclic amines) is 1. The van der Waals surface area contributed by atoms with Crippen LogP contribution in [0.2, 0.25) is 0 Å².